The maximum absolute atomic E-state index is 10.3. The van der Waals surface area contributed by atoms with Crippen LogP contribution < -0.4 is 11.1 Å². The zero-order valence-electron chi connectivity index (χ0n) is 12.6. The standard InChI is InChI=1S/C16H21N3O2/c1-11-7-12(2)9-13(8-11)19-15(17)18-10-16(3,20)14-5-4-6-21-14/h4-9,20H,10H2,1-3H3,(H3,17,18,19). The molecule has 1 aromatic heterocycles. The second-order valence-electron chi connectivity index (χ2n) is 5.45. The molecule has 0 spiro atoms. The van der Waals surface area contributed by atoms with Crippen LogP contribution in [0.1, 0.15) is 23.8 Å². The van der Waals surface area contributed by atoms with Crippen molar-refractivity contribution >= 4 is 11.6 Å². The molecular weight excluding hydrogens is 266 g/mol. The van der Waals surface area contributed by atoms with Gasteiger partial charge in [-0.25, -0.2) is 4.99 Å². The van der Waals surface area contributed by atoms with E-state index in [4.69, 9.17) is 10.2 Å². The lowest BCUT2D eigenvalue weighted by Gasteiger charge is -2.18. The number of aliphatic imine (C=N–C) groups is 1. The van der Waals surface area contributed by atoms with Crippen molar-refractivity contribution in [2.24, 2.45) is 10.7 Å². The molecular formula is C16H21N3O2. The summed E-state index contributed by atoms with van der Waals surface area (Å²) in [6.07, 6.45) is 1.52. The van der Waals surface area contributed by atoms with Gasteiger partial charge in [0.1, 0.15) is 11.4 Å². The van der Waals surface area contributed by atoms with E-state index in [1.807, 2.05) is 26.0 Å². The minimum atomic E-state index is -1.18. The highest BCUT2D eigenvalue weighted by atomic mass is 16.4. The normalized spacial score (nSPS) is 14.8. The molecule has 1 heterocycles. The molecule has 0 aliphatic carbocycles. The second kappa shape index (κ2) is 6.01. The summed E-state index contributed by atoms with van der Waals surface area (Å²) in [7, 11) is 0. The van der Waals surface area contributed by atoms with Crippen molar-refractivity contribution in [3.63, 3.8) is 0 Å². The SMILES string of the molecule is Cc1cc(C)cc(NC(N)=NCC(C)(O)c2ccco2)c1. The number of guanidine groups is 1. The summed E-state index contributed by atoms with van der Waals surface area (Å²) < 4.78 is 5.20. The van der Waals surface area contributed by atoms with Gasteiger partial charge in [-0.3, -0.25) is 0 Å². The highest BCUT2D eigenvalue weighted by molar-refractivity contribution is 5.92. The molecule has 1 aromatic carbocycles. The van der Waals surface area contributed by atoms with Crippen LogP contribution in [0, 0.1) is 13.8 Å². The Balaban J connectivity index is 2.04. The number of aryl methyl sites for hydroxylation is 2. The molecule has 2 rings (SSSR count). The van der Waals surface area contributed by atoms with Gasteiger partial charge in [-0.2, -0.15) is 0 Å². The summed E-state index contributed by atoms with van der Waals surface area (Å²) in [5.74, 6) is 0.720. The van der Waals surface area contributed by atoms with Gasteiger partial charge in [0.05, 0.1) is 12.8 Å². The predicted octanol–water partition coefficient (Wildman–Crippen LogP) is 2.53. The smallest absolute Gasteiger partial charge is 0.193 e. The molecule has 0 bridgehead atoms. The molecule has 0 saturated heterocycles. The van der Waals surface area contributed by atoms with Crippen LogP contribution in [0.3, 0.4) is 0 Å². The fourth-order valence-electron chi connectivity index (χ4n) is 2.14. The van der Waals surface area contributed by atoms with Crippen LogP contribution >= 0.6 is 0 Å². The maximum Gasteiger partial charge on any atom is 0.193 e. The molecule has 5 nitrogen and oxygen atoms in total. The summed E-state index contributed by atoms with van der Waals surface area (Å²) in [6.45, 7) is 5.80. The molecule has 0 aliphatic rings. The van der Waals surface area contributed by atoms with Crippen molar-refractivity contribution < 1.29 is 9.52 Å². The zero-order chi connectivity index (χ0) is 15.5. The van der Waals surface area contributed by atoms with Crippen molar-refractivity contribution in [1.29, 1.82) is 0 Å². The molecule has 0 radical (unpaired) electrons. The lowest BCUT2D eigenvalue weighted by molar-refractivity contribution is 0.0438. The van der Waals surface area contributed by atoms with E-state index < -0.39 is 5.60 Å². The number of hydrogen-bond acceptors (Lipinski definition) is 3. The van der Waals surface area contributed by atoms with Gasteiger partial charge in [0.15, 0.2) is 5.96 Å². The number of furan rings is 1. The topological polar surface area (TPSA) is 83.8 Å². The molecule has 0 amide bonds. The first-order valence-electron chi connectivity index (χ1n) is 6.78. The number of rotatable bonds is 4. The van der Waals surface area contributed by atoms with Crippen LogP contribution in [-0.4, -0.2) is 17.6 Å². The number of nitrogens with zero attached hydrogens (tertiary/aromatic N) is 1. The zero-order valence-corrected chi connectivity index (χ0v) is 12.6. The molecule has 5 heteroatoms. The third-order valence-corrected chi connectivity index (χ3v) is 3.10. The molecule has 112 valence electrons. The van der Waals surface area contributed by atoms with Crippen LogP contribution in [0.2, 0.25) is 0 Å². The van der Waals surface area contributed by atoms with Crippen LogP contribution in [0.5, 0.6) is 0 Å². The van der Waals surface area contributed by atoms with E-state index in [1.165, 1.54) is 6.26 Å². The summed E-state index contributed by atoms with van der Waals surface area (Å²) in [5, 5.41) is 13.3. The highest BCUT2D eigenvalue weighted by Crippen LogP contribution is 2.21. The largest absolute Gasteiger partial charge is 0.466 e. The summed E-state index contributed by atoms with van der Waals surface area (Å²) in [5.41, 5.74) is 7.85. The monoisotopic (exact) mass is 287 g/mol. The number of anilines is 1. The quantitative estimate of drug-likeness (QED) is 0.596. The molecule has 0 aliphatic heterocycles. The first-order chi connectivity index (χ1) is 9.87. The van der Waals surface area contributed by atoms with E-state index in [9.17, 15) is 5.11 Å². The van der Waals surface area contributed by atoms with Gasteiger partial charge in [0.2, 0.25) is 0 Å². The van der Waals surface area contributed by atoms with Crippen LogP contribution in [0.15, 0.2) is 46.0 Å². The van der Waals surface area contributed by atoms with Crippen LogP contribution in [0.25, 0.3) is 0 Å². The van der Waals surface area contributed by atoms with Crippen molar-refractivity contribution in [3.8, 4) is 0 Å². The van der Waals surface area contributed by atoms with Gasteiger partial charge < -0.3 is 20.6 Å². The van der Waals surface area contributed by atoms with Crippen LogP contribution in [0.4, 0.5) is 5.69 Å². The third-order valence-electron chi connectivity index (χ3n) is 3.10. The fourth-order valence-corrected chi connectivity index (χ4v) is 2.14. The average molecular weight is 287 g/mol. The number of hydrogen-bond donors (Lipinski definition) is 3. The second-order valence-corrected chi connectivity index (χ2v) is 5.45. The van der Waals surface area contributed by atoms with Crippen molar-refractivity contribution in [2.75, 3.05) is 11.9 Å². The van der Waals surface area contributed by atoms with Crippen molar-refractivity contribution in [2.45, 2.75) is 26.4 Å². The molecule has 1 unspecified atom stereocenters. The lowest BCUT2D eigenvalue weighted by Crippen LogP contribution is -2.29. The van der Waals surface area contributed by atoms with E-state index in [0.29, 0.717) is 5.76 Å². The number of nitrogens with two attached hydrogens (primary N) is 1. The molecule has 2 aromatic rings. The van der Waals surface area contributed by atoms with Gasteiger partial charge >= 0.3 is 0 Å². The predicted molar refractivity (Wildman–Crippen MR) is 84.3 cm³/mol. The Bertz CT molecular complexity index is 611. The van der Waals surface area contributed by atoms with Gasteiger partial charge in [-0.15, -0.1) is 0 Å². The van der Waals surface area contributed by atoms with E-state index in [-0.39, 0.29) is 12.5 Å². The van der Waals surface area contributed by atoms with E-state index >= 15 is 0 Å². The summed E-state index contributed by atoms with van der Waals surface area (Å²) in [4.78, 5) is 4.18. The number of nitrogens with one attached hydrogen (secondary N) is 1. The average Bonchev–Trinajstić information content (AvgIpc) is 2.89. The first-order valence-corrected chi connectivity index (χ1v) is 6.78. The molecule has 21 heavy (non-hydrogen) atoms. The van der Waals surface area contributed by atoms with E-state index in [1.54, 1.807) is 19.1 Å². The third kappa shape index (κ3) is 4.10. The van der Waals surface area contributed by atoms with Gasteiger partial charge in [0.25, 0.3) is 0 Å². The van der Waals surface area contributed by atoms with Gasteiger partial charge in [0, 0.05) is 5.69 Å². The maximum atomic E-state index is 10.3. The van der Waals surface area contributed by atoms with Crippen molar-refractivity contribution in [3.05, 3.63) is 53.5 Å². The van der Waals surface area contributed by atoms with E-state index in [2.05, 4.69) is 16.4 Å². The molecule has 0 fully saturated rings. The fraction of sp³-hybridized carbons (Fsp3) is 0.312. The number of benzene rings is 1. The molecule has 1 atom stereocenters. The molecule has 4 N–H and O–H groups in total. The van der Waals surface area contributed by atoms with Gasteiger partial charge in [-0.05, 0) is 56.2 Å². The first kappa shape index (κ1) is 15.1. The Morgan fingerprint density at radius 1 is 1.33 bits per heavy atom. The Hall–Kier alpha value is -2.27. The summed E-state index contributed by atoms with van der Waals surface area (Å²) in [6, 6.07) is 9.49. The van der Waals surface area contributed by atoms with Crippen LogP contribution in [-0.2, 0) is 5.60 Å². The van der Waals surface area contributed by atoms with Gasteiger partial charge in [-0.1, -0.05) is 6.07 Å². The highest BCUT2D eigenvalue weighted by Gasteiger charge is 2.25. The number of aliphatic hydroxyl groups is 1. The van der Waals surface area contributed by atoms with Crippen molar-refractivity contribution in [1.82, 2.24) is 0 Å². The lowest BCUT2D eigenvalue weighted by atomic mass is 10.0. The minimum absolute atomic E-state index is 0.115. The molecule has 0 saturated carbocycles. The Morgan fingerprint density at radius 2 is 2.00 bits per heavy atom. The minimum Gasteiger partial charge on any atom is -0.466 e. The Labute approximate surface area is 124 Å². The van der Waals surface area contributed by atoms with E-state index in [0.717, 1.165) is 16.8 Å². The summed E-state index contributed by atoms with van der Waals surface area (Å²) >= 11 is 0. The Kier molecular flexibility index (Phi) is 4.33. The Morgan fingerprint density at radius 3 is 2.57 bits per heavy atom.